The van der Waals surface area contributed by atoms with Crippen LogP contribution in [0.5, 0.6) is 0 Å². The van der Waals surface area contributed by atoms with E-state index in [-0.39, 0.29) is 0 Å². The Bertz CT molecular complexity index is 5080. The van der Waals surface area contributed by atoms with Crippen LogP contribution in [0.2, 0.25) is 0 Å². The van der Waals surface area contributed by atoms with Crippen molar-refractivity contribution >= 4 is 88.0 Å². The lowest BCUT2D eigenvalue weighted by atomic mass is 10.1. The predicted molar refractivity (Wildman–Crippen MR) is 357 cm³/mol. The predicted octanol–water partition coefficient (Wildman–Crippen LogP) is 19.5. The summed E-state index contributed by atoms with van der Waals surface area (Å²) in [5.74, 6) is 0. The molecule has 12 bridgehead atoms. The molecule has 0 spiro atoms. The molecule has 8 heteroatoms. The Morgan fingerprint density at radius 1 is 0.174 bits per heavy atom. The van der Waals surface area contributed by atoms with Gasteiger partial charge in [0.1, 0.15) is 0 Å². The number of hydrogen-bond donors (Lipinski definition) is 0. The van der Waals surface area contributed by atoms with Crippen LogP contribution in [0.1, 0.15) is 0 Å². The molecule has 3 heterocycles. The number of nitrogens with zero attached hydrogens (tertiary/aromatic N) is 8. The molecule has 12 aromatic carbocycles. The summed E-state index contributed by atoms with van der Waals surface area (Å²) in [6.45, 7) is 0. The average Bonchev–Trinajstić information content (AvgIpc) is 2.05. The van der Waals surface area contributed by atoms with E-state index in [0.717, 1.165) is 122 Å². The summed E-state index contributed by atoms with van der Waals surface area (Å²) in [5, 5.41) is 2.04. The van der Waals surface area contributed by atoms with E-state index in [1.807, 2.05) is 18.5 Å². The molecule has 0 saturated carbocycles. The molecule has 0 aliphatic heterocycles. The summed E-state index contributed by atoms with van der Waals surface area (Å²) < 4.78 is 14.1. The normalized spacial score (nSPS) is 11.3. The highest BCUT2D eigenvalue weighted by Crippen LogP contribution is 2.30. The summed E-state index contributed by atoms with van der Waals surface area (Å²) in [4.78, 5) is 10.0. The van der Waals surface area contributed by atoms with Gasteiger partial charge in [-0.3, -0.25) is 9.97 Å². The van der Waals surface area contributed by atoms with Crippen molar-refractivity contribution < 1.29 is 0 Å². The molecule has 0 aliphatic rings. The first-order valence-electron chi connectivity index (χ1n) is 29.0. The minimum Gasteiger partial charge on any atom is -0.310 e. The van der Waals surface area contributed by atoms with Gasteiger partial charge in [-0.25, -0.2) is 0 Å². The number of benzene rings is 12. The Morgan fingerprint density at radius 2 is 0.419 bits per heavy atom. The van der Waals surface area contributed by atoms with Crippen molar-refractivity contribution in [2.75, 3.05) is 0 Å². The van der Waals surface area contributed by atoms with E-state index in [1.54, 1.807) is 0 Å². The Hall–Kier alpha value is -11.7. The first-order valence-corrected chi connectivity index (χ1v) is 29.0. The molecule has 15 aromatic rings. The van der Waals surface area contributed by atoms with Crippen LogP contribution in [0.25, 0.3) is 122 Å². The zero-order valence-electron chi connectivity index (χ0n) is 46.9. The van der Waals surface area contributed by atoms with Gasteiger partial charge in [0.15, 0.2) is 0 Å². The molecule has 0 saturated heterocycles. The minimum absolute atomic E-state index is 0.853. The highest BCUT2D eigenvalue weighted by atomic mass is 15.0. The number of rotatable bonds is 6. The van der Waals surface area contributed by atoms with E-state index in [4.69, 9.17) is 9.97 Å². The molecule has 8 nitrogen and oxygen atoms in total. The summed E-state index contributed by atoms with van der Waals surface area (Å²) >= 11 is 0. The number of fused-ring (bicyclic) bond motifs is 15. The Kier molecular flexibility index (Phi) is 13.4. The van der Waals surface area contributed by atoms with E-state index in [1.165, 1.54) is 0 Å². The van der Waals surface area contributed by atoms with E-state index in [9.17, 15) is 0 Å². The van der Waals surface area contributed by atoms with Crippen LogP contribution in [-0.4, -0.2) is 37.4 Å². The van der Waals surface area contributed by atoms with E-state index in [0.29, 0.717) is 0 Å². The standard InChI is InChI=1S/C78H56N8/c1-6-24-59(25-7-1)81-64-34-16-36-66(50-64)82(60-26-8-2-9-27-60)68-38-18-40-70(52-68)84(62-30-12-4-13-31-62)72-42-20-44-74(54-72)86(76-49-58-47-46-57-23-22-48-79-77(57)78(58)80-56-76)75-45-21-43-73(55-75)85(63-32-14-5-15-33-63)71-41-19-39-69(53-71)83(61-28-10-3-11-29-61)67-37-17-35-65(81)51-67/h1-56H. The SMILES string of the molecule is c1ccc(-n2c3cccc(c3)n(-c3ccccc3)c3cccc(c3)n(-c3ccccc3)c3cccc(c3)n(-c3cnc4c(ccc5cccnc54)c3)c3cccc(c3)n(-c3ccccc3)c3cccc(c3)n(-c3ccccc3)c3cccc2c3)cc1. The van der Waals surface area contributed by atoms with Gasteiger partial charge >= 0.3 is 0 Å². The third-order valence-corrected chi connectivity index (χ3v) is 15.8. The molecule has 3 aromatic heterocycles. The lowest BCUT2D eigenvalue weighted by Crippen LogP contribution is -2.02. The molecule has 0 amide bonds. The molecule has 0 unspecified atom stereocenters. The van der Waals surface area contributed by atoms with Crippen molar-refractivity contribution in [2.45, 2.75) is 0 Å². The van der Waals surface area contributed by atoms with Crippen LogP contribution in [0.15, 0.2) is 340 Å². The molecular weight excluding hydrogens is 1050 g/mol. The highest BCUT2D eigenvalue weighted by Gasteiger charge is 2.12. The average molecular weight is 1110 g/mol. The topological polar surface area (TPSA) is 55.4 Å². The van der Waals surface area contributed by atoms with Crippen LogP contribution < -0.4 is 0 Å². The lowest BCUT2D eigenvalue weighted by molar-refractivity contribution is 1.12. The van der Waals surface area contributed by atoms with Crippen LogP contribution in [0, 0.1) is 0 Å². The van der Waals surface area contributed by atoms with Crippen LogP contribution >= 0.6 is 0 Å². The fourth-order valence-corrected chi connectivity index (χ4v) is 12.0. The third kappa shape index (κ3) is 9.82. The molecule has 0 radical (unpaired) electrons. The van der Waals surface area contributed by atoms with Gasteiger partial charge in [0.05, 0.1) is 22.9 Å². The summed E-state index contributed by atoms with van der Waals surface area (Å²) in [7, 11) is 0. The van der Waals surface area contributed by atoms with Gasteiger partial charge in [0.25, 0.3) is 0 Å². The monoisotopic (exact) mass is 1100 g/mol. The second-order valence-electron chi connectivity index (χ2n) is 21.2. The van der Waals surface area contributed by atoms with Gasteiger partial charge in [0, 0.05) is 112 Å². The number of para-hydroxylation sites is 5. The smallest absolute Gasteiger partial charge is 0.0966 e. The first-order chi connectivity index (χ1) is 42.6. The van der Waals surface area contributed by atoms with Gasteiger partial charge in [0.2, 0.25) is 0 Å². The highest BCUT2D eigenvalue weighted by molar-refractivity contribution is 6.03. The molecule has 86 heavy (non-hydrogen) atoms. The Labute approximate surface area is 496 Å². The summed E-state index contributed by atoms with van der Waals surface area (Å²) in [6.07, 6.45) is 3.83. The number of hydrogen-bond acceptors (Lipinski definition) is 2. The van der Waals surface area contributed by atoms with Gasteiger partial charge in [-0.2, -0.15) is 0 Å². The van der Waals surface area contributed by atoms with Crippen molar-refractivity contribution in [3.8, 4) is 34.1 Å². The van der Waals surface area contributed by atoms with Crippen molar-refractivity contribution in [3.05, 3.63) is 340 Å². The largest absolute Gasteiger partial charge is 0.310 e. The van der Waals surface area contributed by atoms with Crippen molar-refractivity contribution in [2.24, 2.45) is 0 Å². The molecule has 15 rings (SSSR count). The van der Waals surface area contributed by atoms with Crippen LogP contribution in [0.4, 0.5) is 0 Å². The maximum absolute atomic E-state index is 5.23. The molecule has 0 aliphatic carbocycles. The number of pyridine rings is 2. The van der Waals surface area contributed by atoms with Gasteiger partial charge in [-0.1, -0.05) is 146 Å². The molecular formula is C78H56N8. The van der Waals surface area contributed by atoms with Gasteiger partial charge < -0.3 is 27.4 Å². The maximum Gasteiger partial charge on any atom is 0.0966 e. The van der Waals surface area contributed by atoms with Crippen molar-refractivity contribution in [3.63, 3.8) is 0 Å². The van der Waals surface area contributed by atoms with Crippen molar-refractivity contribution in [1.82, 2.24) is 37.4 Å². The molecule has 408 valence electrons. The zero-order chi connectivity index (χ0) is 57.2. The van der Waals surface area contributed by atoms with E-state index < -0.39 is 0 Å². The fourth-order valence-electron chi connectivity index (χ4n) is 12.0. The molecule has 0 N–H and O–H groups in total. The second kappa shape index (κ2) is 22.5. The van der Waals surface area contributed by atoms with Gasteiger partial charge in [-0.05, 0) is 182 Å². The summed E-state index contributed by atoms with van der Waals surface area (Å²) in [5.41, 5.74) is 19.6. The van der Waals surface area contributed by atoms with Crippen molar-refractivity contribution in [1.29, 1.82) is 0 Å². The minimum atomic E-state index is 0.853. The third-order valence-electron chi connectivity index (χ3n) is 15.8. The lowest BCUT2D eigenvalue weighted by Gasteiger charge is -2.17. The Morgan fingerprint density at radius 3 is 0.698 bits per heavy atom. The fraction of sp³-hybridized carbons (Fsp3) is 0. The number of aromatic nitrogens is 8. The zero-order valence-corrected chi connectivity index (χ0v) is 46.9. The summed E-state index contributed by atoms with van der Waals surface area (Å²) in [6, 6.07) is 117. The molecule has 0 fully saturated rings. The maximum atomic E-state index is 5.23. The van der Waals surface area contributed by atoms with Gasteiger partial charge in [-0.15, -0.1) is 0 Å². The first kappa shape index (κ1) is 51.2. The second-order valence-corrected chi connectivity index (χ2v) is 21.2. The quantitative estimate of drug-likeness (QED) is 0.156. The van der Waals surface area contributed by atoms with E-state index in [2.05, 4.69) is 349 Å². The molecule has 0 atom stereocenters. The Balaban J connectivity index is 1.16. The van der Waals surface area contributed by atoms with Crippen LogP contribution in [-0.2, 0) is 0 Å². The van der Waals surface area contributed by atoms with E-state index >= 15 is 0 Å². The van der Waals surface area contributed by atoms with Crippen LogP contribution in [0.3, 0.4) is 0 Å².